The lowest BCUT2D eigenvalue weighted by Gasteiger charge is -2.15. The van der Waals surface area contributed by atoms with Gasteiger partial charge in [-0.1, -0.05) is 35.1 Å². The molecule has 6 nitrogen and oxygen atoms in total. The van der Waals surface area contributed by atoms with Crippen LogP contribution in [0.4, 0.5) is 15.2 Å². The average molecular weight is 452 g/mol. The number of carbonyl (C=O) groups excluding carboxylic acids is 3. The fourth-order valence-electron chi connectivity index (χ4n) is 3.36. The number of halogens is 2. The Balaban J connectivity index is 1.44. The maximum Gasteiger partial charge on any atom is 0.266 e. The molecule has 0 fully saturated rings. The molecular formula is C22H11ClFN3O3S. The van der Waals surface area contributed by atoms with Crippen LogP contribution in [0.1, 0.15) is 31.1 Å². The fraction of sp³-hybridized carbons (Fsp3) is 0. The molecule has 0 bridgehead atoms. The van der Waals surface area contributed by atoms with Crippen molar-refractivity contribution in [3.8, 4) is 0 Å². The van der Waals surface area contributed by atoms with Gasteiger partial charge >= 0.3 is 0 Å². The Hall–Kier alpha value is -3.62. The number of amides is 3. The van der Waals surface area contributed by atoms with E-state index in [1.165, 1.54) is 36.4 Å². The van der Waals surface area contributed by atoms with Crippen molar-refractivity contribution >= 4 is 61.7 Å². The zero-order valence-corrected chi connectivity index (χ0v) is 17.1. The smallest absolute Gasteiger partial charge is 0.266 e. The van der Waals surface area contributed by atoms with Gasteiger partial charge in [0, 0.05) is 5.56 Å². The van der Waals surface area contributed by atoms with E-state index in [1.54, 1.807) is 24.3 Å². The molecule has 0 spiro atoms. The van der Waals surface area contributed by atoms with E-state index in [2.05, 4.69) is 10.3 Å². The van der Waals surface area contributed by atoms with E-state index < -0.39 is 17.7 Å². The van der Waals surface area contributed by atoms with Crippen molar-refractivity contribution in [1.29, 1.82) is 0 Å². The zero-order chi connectivity index (χ0) is 21.7. The van der Waals surface area contributed by atoms with Gasteiger partial charge in [0.15, 0.2) is 5.13 Å². The maximum absolute atomic E-state index is 13.4. The van der Waals surface area contributed by atoms with Gasteiger partial charge in [0.2, 0.25) is 0 Å². The average Bonchev–Trinajstić information content (AvgIpc) is 3.26. The molecule has 1 N–H and O–H groups in total. The largest absolute Gasteiger partial charge is 0.298 e. The molecule has 3 amide bonds. The van der Waals surface area contributed by atoms with Crippen molar-refractivity contribution in [2.75, 3.05) is 10.2 Å². The van der Waals surface area contributed by atoms with Crippen LogP contribution in [0.5, 0.6) is 0 Å². The summed E-state index contributed by atoms with van der Waals surface area (Å²) < 4.78 is 14.0. The van der Waals surface area contributed by atoms with Crippen molar-refractivity contribution in [3.05, 3.63) is 88.2 Å². The molecule has 1 aliphatic rings. The Labute approximate surface area is 183 Å². The number of rotatable bonds is 3. The van der Waals surface area contributed by atoms with Gasteiger partial charge in [-0.3, -0.25) is 19.7 Å². The summed E-state index contributed by atoms with van der Waals surface area (Å²) in [7, 11) is 0. The number of para-hydroxylation sites is 1. The lowest BCUT2D eigenvalue weighted by molar-refractivity contribution is 0.0925. The third-order valence-electron chi connectivity index (χ3n) is 4.81. The second kappa shape index (κ2) is 7.26. The molecule has 0 unspecified atom stereocenters. The molecule has 4 aromatic rings. The summed E-state index contributed by atoms with van der Waals surface area (Å²) in [6.45, 7) is 0. The van der Waals surface area contributed by atoms with Crippen LogP contribution in [0.25, 0.3) is 10.2 Å². The van der Waals surface area contributed by atoms with Crippen LogP contribution >= 0.6 is 22.9 Å². The number of hydrogen-bond donors (Lipinski definition) is 1. The first-order valence-corrected chi connectivity index (χ1v) is 10.3. The first kappa shape index (κ1) is 19.3. The number of benzene rings is 3. The first-order valence-electron chi connectivity index (χ1n) is 9.07. The molecule has 2 heterocycles. The Bertz CT molecular complexity index is 1420. The van der Waals surface area contributed by atoms with E-state index in [0.29, 0.717) is 15.3 Å². The number of imide groups is 1. The third kappa shape index (κ3) is 3.26. The Morgan fingerprint density at radius 1 is 1.00 bits per heavy atom. The van der Waals surface area contributed by atoms with Crippen LogP contribution in [0.15, 0.2) is 60.7 Å². The molecule has 5 rings (SSSR count). The zero-order valence-electron chi connectivity index (χ0n) is 15.6. The molecule has 9 heteroatoms. The van der Waals surface area contributed by atoms with E-state index in [-0.39, 0.29) is 33.2 Å². The van der Waals surface area contributed by atoms with Crippen molar-refractivity contribution in [3.63, 3.8) is 0 Å². The number of nitrogens with one attached hydrogen (secondary N) is 1. The van der Waals surface area contributed by atoms with Crippen molar-refractivity contribution in [1.82, 2.24) is 4.98 Å². The van der Waals surface area contributed by atoms with Crippen LogP contribution in [-0.4, -0.2) is 22.7 Å². The number of nitrogens with zero attached hydrogens (tertiary/aromatic N) is 2. The quantitative estimate of drug-likeness (QED) is 0.437. The number of aromatic nitrogens is 1. The molecule has 0 aliphatic carbocycles. The number of carbonyl (C=O) groups is 3. The van der Waals surface area contributed by atoms with E-state index in [4.69, 9.17) is 11.6 Å². The summed E-state index contributed by atoms with van der Waals surface area (Å²) >= 11 is 7.29. The summed E-state index contributed by atoms with van der Waals surface area (Å²) in [5.74, 6) is -1.95. The van der Waals surface area contributed by atoms with Crippen molar-refractivity contribution < 1.29 is 18.8 Å². The number of fused-ring (bicyclic) bond motifs is 2. The normalized spacial score (nSPS) is 13.0. The molecule has 3 aromatic carbocycles. The Morgan fingerprint density at radius 2 is 1.77 bits per heavy atom. The predicted molar refractivity (Wildman–Crippen MR) is 117 cm³/mol. The van der Waals surface area contributed by atoms with Crippen LogP contribution in [0.2, 0.25) is 5.02 Å². The van der Waals surface area contributed by atoms with Crippen LogP contribution in [-0.2, 0) is 0 Å². The molecular weight excluding hydrogens is 441 g/mol. The van der Waals surface area contributed by atoms with Gasteiger partial charge in [-0.05, 0) is 48.5 Å². The first-order chi connectivity index (χ1) is 14.9. The number of anilines is 2. The van der Waals surface area contributed by atoms with Crippen molar-refractivity contribution in [2.24, 2.45) is 0 Å². The summed E-state index contributed by atoms with van der Waals surface area (Å²) in [4.78, 5) is 43.6. The fourth-order valence-corrected chi connectivity index (χ4v) is 4.46. The summed E-state index contributed by atoms with van der Waals surface area (Å²) in [5, 5.41) is 3.21. The minimum Gasteiger partial charge on any atom is -0.298 e. The monoisotopic (exact) mass is 451 g/mol. The Kier molecular flexibility index (Phi) is 4.53. The highest BCUT2D eigenvalue weighted by Gasteiger charge is 2.38. The standard InChI is InChI=1S/C22H11ClFN3O3S/c23-15-3-1-2-4-17(15)27-20(29)13-7-5-11(9-14(13)21(27)30)19(28)26-22-25-16-8-6-12(24)10-18(16)31-22/h1-10H,(H,25,26,28). The molecule has 152 valence electrons. The van der Waals surface area contributed by atoms with E-state index in [1.807, 2.05) is 0 Å². The second-order valence-electron chi connectivity index (χ2n) is 6.74. The summed E-state index contributed by atoms with van der Waals surface area (Å²) in [6.07, 6.45) is 0. The van der Waals surface area contributed by atoms with Gasteiger partial charge in [-0.25, -0.2) is 14.3 Å². The highest BCUT2D eigenvalue weighted by Crippen LogP contribution is 2.34. The van der Waals surface area contributed by atoms with Crippen LogP contribution < -0.4 is 10.2 Å². The molecule has 1 aliphatic heterocycles. The molecule has 0 saturated carbocycles. The topological polar surface area (TPSA) is 79.4 Å². The van der Waals surface area contributed by atoms with Gasteiger partial charge in [-0.15, -0.1) is 0 Å². The predicted octanol–water partition coefficient (Wildman–Crippen LogP) is 5.14. The lowest BCUT2D eigenvalue weighted by Crippen LogP contribution is -2.29. The van der Waals surface area contributed by atoms with Crippen molar-refractivity contribution in [2.45, 2.75) is 0 Å². The highest BCUT2D eigenvalue weighted by molar-refractivity contribution is 7.22. The minimum absolute atomic E-state index is 0.115. The summed E-state index contributed by atoms with van der Waals surface area (Å²) in [6, 6.07) is 15.0. The Morgan fingerprint density at radius 3 is 2.58 bits per heavy atom. The number of hydrogen-bond acceptors (Lipinski definition) is 5. The molecule has 0 radical (unpaired) electrons. The highest BCUT2D eigenvalue weighted by atomic mass is 35.5. The van der Waals surface area contributed by atoms with E-state index in [9.17, 15) is 18.8 Å². The van der Waals surface area contributed by atoms with E-state index in [0.717, 1.165) is 16.2 Å². The van der Waals surface area contributed by atoms with Crippen LogP contribution in [0, 0.1) is 5.82 Å². The molecule has 31 heavy (non-hydrogen) atoms. The molecule has 0 saturated heterocycles. The molecule has 0 atom stereocenters. The lowest BCUT2D eigenvalue weighted by atomic mass is 10.1. The third-order valence-corrected chi connectivity index (χ3v) is 6.07. The number of thiazole rings is 1. The van der Waals surface area contributed by atoms with Gasteiger partial charge in [-0.2, -0.15) is 0 Å². The SMILES string of the molecule is O=C(Nc1nc2ccc(F)cc2s1)c1ccc2c(c1)C(=O)N(c1ccccc1Cl)C2=O. The molecule has 1 aromatic heterocycles. The van der Waals surface area contributed by atoms with Gasteiger partial charge in [0.25, 0.3) is 17.7 Å². The van der Waals surface area contributed by atoms with E-state index >= 15 is 0 Å². The maximum atomic E-state index is 13.4. The van der Waals surface area contributed by atoms with Gasteiger partial charge in [0.05, 0.1) is 32.1 Å². The van der Waals surface area contributed by atoms with Crippen LogP contribution in [0.3, 0.4) is 0 Å². The second-order valence-corrected chi connectivity index (χ2v) is 8.18. The van der Waals surface area contributed by atoms with Gasteiger partial charge < -0.3 is 0 Å². The van der Waals surface area contributed by atoms with Gasteiger partial charge in [0.1, 0.15) is 5.82 Å². The minimum atomic E-state index is -0.557. The summed E-state index contributed by atoms with van der Waals surface area (Å²) in [5.41, 5.74) is 1.34.